The number of aromatic nitrogens is 1. The van der Waals surface area contributed by atoms with Gasteiger partial charge in [-0.2, -0.15) is 0 Å². The summed E-state index contributed by atoms with van der Waals surface area (Å²) in [4.78, 5) is 26.3. The van der Waals surface area contributed by atoms with Gasteiger partial charge in [0.1, 0.15) is 24.1 Å². The van der Waals surface area contributed by atoms with Gasteiger partial charge in [0.2, 0.25) is 0 Å². The number of ether oxygens (including phenoxy) is 1. The Bertz CT molecular complexity index is 1460. The number of rotatable bonds is 9. The van der Waals surface area contributed by atoms with E-state index in [0.717, 1.165) is 19.2 Å². The van der Waals surface area contributed by atoms with Crippen molar-refractivity contribution in [1.82, 2.24) is 9.88 Å². The summed E-state index contributed by atoms with van der Waals surface area (Å²) in [5.74, 6) is -1.95. The summed E-state index contributed by atoms with van der Waals surface area (Å²) in [6.07, 6.45) is 4.85. The number of likely N-dealkylation sites (N-methyl/N-ethyl adjacent to an activating group) is 1. The van der Waals surface area contributed by atoms with Gasteiger partial charge in [0.15, 0.2) is 0 Å². The minimum atomic E-state index is -4.05. The Balaban J connectivity index is 0.00000127. The van der Waals surface area contributed by atoms with Gasteiger partial charge in [-0.15, -0.1) is 0 Å². The lowest BCUT2D eigenvalue weighted by Crippen LogP contribution is -2.22. The number of hydrogen-bond acceptors (Lipinski definition) is 7. The minimum Gasteiger partial charge on any atom is -0.490 e. The third-order valence-electron chi connectivity index (χ3n) is 6.00. The number of pyridine rings is 1. The Morgan fingerprint density at radius 2 is 1.95 bits per heavy atom. The minimum absolute atomic E-state index is 0.0228. The smallest absolute Gasteiger partial charge is 0.314 e. The van der Waals surface area contributed by atoms with E-state index in [0.29, 0.717) is 28.8 Å². The van der Waals surface area contributed by atoms with Gasteiger partial charge in [-0.05, 0) is 49.0 Å². The number of carbonyl (C=O) groups is 2. The molecule has 38 heavy (non-hydrogen) atoms. The number of nitrogens with zero attached hydrogens (tertiary/aromatic N) is 2. The molecule has 10 nitrogen and oxygen atoms in total. The van der Waals surface area contributed by atoms with E-state index in [1.54, 1.807) is 18.2 Å². The fourth-order valence-electron chi connectivity index (χ4n) is 4.10. The second kappa shape index (κ2) is 12.5. The van der Waals surface area contributed by atoms with Crippen molar-refractivity contribution in [3.05, 3.63) is 65.6 Å². The lowest BCUT2D eigenvalue weighted by Gasteiger charge is -2.15. The molecule has 1 aromatic heterocycles. The largest absolute Gasteiger partial charge is 0.490 e. The van der Waals surface area contributed by atoms with Gasteiger partial charge in [-0.3, -0.25) is 19.3 Å². The van der Waals surface area contributed by atoms with E-state index >= 15 is 0 Å². The first kappa shape index (κ1) is 28.5. The number of sulfonamides is 1. The molecule has 1 atom stereocenters. The van der Waals surface area contributed by atoms with Crippen LogP contribution in [-0.4, -0.2) is 67.2 Å². The topological polar surface area (TPSA) is 146 Å². The van der Waals surface area contributed by atoms with Crippen molar-refractivity contribution in [1.29, 1.82) is 0 Å². The highest BCUT2D eigenvalue weighted by Gasteiger charge is 2.32. The van der Waals surface area contributed by atoms with Crippen LogP contribution in [0.4, 0.5) is 10.1 Å². The summed E-state index contributed by atoms with van der Waals surface area (Å²) in [6, 6.07) is 8.22. The molecule has 1 aliphatic rings. The molecule has 0 spiro atoms. The maximum Gasteiger partial charge on any atom is 0.314 e. The maximum atomic E-state index is 13.9. The SMILES string of the molecule is CCN(CC)C/C=C\c1cc(F)ccc1S(=O)(=O)Nc1ccc2c3c(cnc2c1)OCC3C(=O)O.O=CO. The average Bonchev–Trinajstić information content (AvgIpc) is 3.32. The van der Waals surface area contributed by atoms with Gasteiger partial charge in [-0.1, -0.05) is 32.1 Å². The molecule has 12 heteroatoms. The molecule has 3 aromatic rings. The number of benzene rings is 2. The van der Waals surface area contributed by atoms with Crippen molar-refractivity contribution in [2.45, 2.75) is 24.7 Å². The molecular weight excluding hydrogens is 517 g/mol. The zero-order chi connectivity index (χ0) is 27.9. The molecule has 0 aliphatic carbocycles. The van der Waals surface area contributed by atoms with Gasteiger partial charge in [0.25, 0.3) is 16.5 Å². The highest BCUT2D eigenvalue weighted by molar-refractivity contribution is 7.92. The molecule has 0 saturated heterocycles. The first-order chi connectivity index (χ1) is 18.1. The summed E-state index contributed by atoms with van der Waals surface area (Å²) in [7, 11) is -4.05. The Morgan fingerprint density at radius 1 is 1.24 bits per heavy atom. The third-order valence-corrected chi connectivity index (χ3v) is 7.45. The zero-order valence-corrected chi connectivity index (χ0v) is 21.6. The Hall–Kier alpha value is -4.03. The van der Waals surface area contributed by atoms with Crippen LogP contribution in [-0.2, 0) is 19.6 Å². The van der Waals surface area contributed by atoms with Gasteiger partial charge in [0.05, 0.1) is 22.3 Å². The number of carboxylic acid groups (broad SMARTS) is 2. The second-order valence-corrected chi connectivity index (χ2v) is 9.90. The quantitative estimate of drug-likeness (QED) is 0.342. The standard InChI is InChI=1S/C25H26FN3O5S.CH2O2/c1-3-29(4-2)11-5-6-16-12-17(26)7-10-23(16)35(32,33)28-18-8-9-19-21(13-18)27-14-22-24(19)20(15-34-22)25(30)31;2-1-3/h5-10,12-14,20,28H,3-4,11,15H2,1-2H3,(H,30,31);1H,(H,2,3)/b6-5-;. The van der Waals surface area contributed by atoms with E-state index in [9.17, 15) is 22.7 Å². The first-order valence-corrected chi connectivity index (χ1v) is 13.2. The predicted octanol–water partition coefficient (Wildman–Crippen LogP) is 3.79. The van der Waals surface area contributed by atoms with Crippen molar-refractivity contribution >= 4 is 45.1 Å². The van der Waals surface area contributed by atoms with E-state index in [4.69, 9.17) is 14.6 Å². The molecule has 2 aromatic carbocycles. The summed E-state index contributed by atoms with van der Waals surface area (Å²) < 4.78 is 48.3. The van der Waals surface area contributed by atoms with Crippen LogP contribution in [0.25, 0.3) is 17.0 Å². The van der Waals surface area contributed by atoms with Gasteiger partial charge in [-0.25, -0.2) is 12.8 Å². The number of carboxylic acids is 1. The molecule has 3 N–H and O–H groups in total. The average molecular weight is 546 g/mol. The molecule has 202 valence electrons. The van der Waals surface area contributed by atoms with Crippen LogP contribution in [0.3, 0.4) is 0 Å². The molecule has 1 unspecified atom stereocenters. The monoisotopic (exact) mass is 545 g/mol. The number of aliphatic carboxylic acids is 1. The predicted molar refractivity (Wildman–Crippen MR) is 140 cm³/mol. The maximum absolute atomic E-state index is 13.9. The van der Waals surface area contributed by atoms with E-state index in [-0.39, 0.29) is 29.2 Å². The van der Waals surface area contributed by atoms with Gasteiger partial charge in [0, 0.05) is 17.5 Å². The number of hydrogen-bond donors (Lipinski definition) is 3. The third kappa shape index (κ3) is 6.45. The summed E-state index contributed by atoms with van der Waals surface area (Å²) >= 11 is 0. The van der Waals surface area contributed by atoms with Crippen LogP contribution in [0.5, 0.6) is 5.75 Å². The van der Waals surface area contributed by atoms with Crippen LogP contribution < -0.4 is 9.46 Å². The Morgan fingerprint density at radius 3 is 2.61 bits per heavy atom. The van der Waals surface area contributed by atoms with Crippen molar-refractivity contribution < 1.29 is 37.3 Å². The molecular formula is C26H28FN3O7S. The molecule has 0 saturated carbocycles. The van der Waals surface area contributed by atoms with Crippen molar-refractivity contribution in [3.8, 4) is 5.75 Å². The summed E-state index contributed by atoms with van der Waals surface area (Å²) in [5, 5.41) is 17.0. The number of halogens is 1. The van der Waals surface area contributed by atoms with Crippen LogP contribution in [0.2, 0.25) is 0 Å². The van der Waals surface area contributed by atoms with Crippen molar-refractivity contribution in [2.24, 2.45) is 0 Å². The fourth-order valence-corrected chi connectivity index (χ4v) is 5.33. The molecule has 0 radical (unpaired) electrons. The van der Waals surface area contributed by atoms with Crippen LogP contribution >= 0.6 is 0 Å². The van der Waals surface area contributed by atoms with E-state index in [2.05, 4.69) is 14.6 Å². The summed E-state index contributed by atoms with van der Waals surface area (Å²) in [6.45, 7) is 6.12. The second-order valence-electron chi connectivity index (χ2n) is 8.25. The van der Waals surface area contributed by atoms with Crippen molar-refractivity contribution in [3.63, 3.8) is 0 Å². The highest BCUT2D eigenvalue weighted by Crippen LogP contribution is 2.39. The normalized spacial score (nSPS) is 14.6. The first-order valence-electron chi connectivity index (χ1n) is 11.7. The van der Waals surface area contributed by atoms with Crippen LogP contribution in [0, 0.1) is 5.82 Å². The highest BCUT2D eigenvalue weighted by atomic mass is 32.2. The molecule has 4 rings (SSSR count). The lowest BCUT2D eigenvalue weighted by atomic mass is 9.97. The Kier molecular flexibility index (Phi) is 9.37. The molecule has 0 amide bonds. The number of fused-ring (bicyclic) bond motifs is 3. The summed E-state index contributed by atoms with van der Waals surface area (Å²) in [5.41, 5.74) is 1.44. The fraction of sp³-hybridized carbons (Fsp3) is 0.269. The van der Waals surface area contributed by atoms with E-state index in [1.807, 2.05) is 19.9 Å². The van der Waals surface area contributed by atoms with E-state index in [1.165, 1.54) is 24.4 Å². The number of anilines is 1. The molecule has 2 heterocycles. The van der Waals surface area contributed by atoms with Gasteiger partial charge < -0.3 is 19.8 Å². The Labute approximate surface area is 219 Å². The van der Waals surface area contributed by atoms with Crippen molar-refractivity contribution in [2.75, 3.05) is 31.0 Å². The molecule has 0 bridgehead atoms. The zero-order valence-electron chi connectivity index (χ0n) is 20.8. The molecule has 1 aliphatic heterocycles. The van der Waals surface area contributed by atoms with E-state index < -0.39 is 27.7 Å². The van der Waals surface area contributed by atoms with Gasteiger partial charge >= 0.3 is 5.97 Å². The lowest BCUT2D eigenvalue weighted by molar-refractivity contribution is -0.139. The molecule has 0 fully saturated rings. The van der Waals surface area contributed by atoms with Crippen LogP contribution in [0.15, 0.2) is 53.6 Å². The van der Waals surface area contributed by atoms with Crippen LogP contribution in [0.1, 0.15) is 30.9 Å². The number of nitrogens with one attached hydrogen (secondary N) is 1.